The van der Waals surface area contributed by atoms with Gasteiger partial charge in [0.25, 0.3) is 0 Å². The fourth-order valence-corrected chi connectivity index (χ4v) is 2.83. The number of rotatable bonds is 5. The third-order valence-electron chi connectivity index (χ3n) is 3.53. The molecule has 2 N–H and O–H groups in total. The van der Waals surface area contributed by atoms with Gasteiger partial charge in [0.05, 0.1) is 16.4 Å². The van der Waals surface area contributed by atoms with Crippen LogP contribution in [0.1, 0.15) is 36.4 Å². The molecule has 0 radical (unpaired) electrons. The quantitative estimate of drug-likeness (QED) is 0.852. The van der Waals surface area contributed by atoms with Crippen LogP contribution in [0, 0.1) is 13.8 Å². The lowest BCUT2D eigenvalue weighted by Gasteiger charge is -2.14. The summed E-state index contributed by atoms with van der Waals surface area (Å²) in [6.07, 6.45) is 0.818. The van der Waals surface area contributed by atoms with Gasteiger partial charge in [-0.15, -0.1) is 0 Å². The smallest absolute Gasteiger partial charge is 0.131 e. The van der Waals surface area contributed by atoms with E-state index in [9.17, 15) is 0 Å². The van der Waals surface area contributed by atoms with Crippen molar-refractivity contribution in [3.8, 4) is 5.75 Å². The van der Waals surface area contributed by atoms with Gasteiger partial charge in [-0.3, -0.25) is 4.68 Å². The Bertz CT molecular complexity index is 626. The largest absolute Gasteiger partial charge is 0.487 e. The van der Waals surface area contributed by atoms with E-state index in [1.165, 1.54) is 0 Å². The monoisotopic (exact) mass is 307 g/mol. The minimum absolute atomic E-state index is 0.408. The normalized spacial score (nSPS) is 10.9. The standard InChI is InChI=1S/C16H22ClN3O/c1-5-13-15(17)14(20(6-2)19-13)9-21-16-10(3)7-12(18)8-11(16)4/h7-8H,5-6,9,18H2,1-4H3. The van der Waals surface area contributed by atoms with Crippen molar-refractivity contribution in [1.82, 2.24) is 9.78 Å². The van der Waals surface area contributed by atoms with Gasteiger partial charge >= 0.3 is 0 Å². The highest BCUT2D eigenvalue weighted by molar-refractivity contribution is 6.31. The molecule has 4 nitrogen and oxygen atoms in total. The second-order valence-electron chi connectivity index (χ2n) is 5.15. The number of ether oxygens (including phenoxy) is 1. The summed E-state index contributed by atoms with van der Waals surface area (Å²) in [5.41, 5.74) is 10.5. The lowest BCUT2D eigenvalue weighted by molar-refractivity contribution is 0.289. The minimum atomic E-state index is 0.408. The Morgan fingerprint density at radius 2 is 1.86 bits per heavy atom. The molecule has 2 aromatic rings. The minimum Gasteiger partial charge on any atom is -0.487 e. The van der Waals surface area contributed by atoms with Crippen molar-refractivity contribution in [2.45, 2.75) is 47.3 Å². The summed E-state index contributed by atoms with van der Waals surface area (Å²) in [6, 6.07) is 3.83. The van der Waals surface area contributed by atoms with Gasteiger partial charge in [-0.25, -0.2) is 0 Å². The third kappa shape index (κ3) is 3.16. The van der Waals surface area contributed by atoms with Crippen LogP contribution < -0.4 is 10.5 Å². The Labute approximate surface area is 130 Å². The van der Waals surface area contributed by atoms with E-state index in [1.54, 1.807) is 0 Å². The van der Waals surface area contributed by atoms with Gasteiger partial charge in [0.2, 0.25) is 0 Å². The van der Waals surface area contributed by atoms with Gasteiger partial charge < -0.3 is 10.5 Å². The summed E-state index contributed by atoms with van der Waals surface area (Å²) >= 11 is 6.40. The number of halogens is 1. The van der Waals surface area contributed by atoms with Gasteiger partial charge in [0.15, 0.2) is 0 Å². The van der Waals surface area contributed by atoms with E-state index in [1.807, 2.05) is 44.5 Å². The average molecular weight is 308 g/mol. The second-order valence-corrected chi connectivity index (χ2v) is 5.53. The molecule has 1 aromatic heterocycles. The van der Waals surface area contributed by atoms with Crippen LogP contribution in [0.3, 0.4) is 0 Å². The molecular weight excluding hydrogens is 286 g/mol. The zero-order valence-corrected chi connectivity index (χ0v) is 13.8. The molecule has 1 aromatic carbocycles. The summed E-state index contributed by atoms with van der Waals surface area (Å²) in [7, 11) is 0. The van der Waals surface area contributed by atoms with Crippen LogP contribution >= 0.6 is 11.6 Å². The van der Waals surface area contributed by atoms with Crippen molar-refractivity contribution in [2.75, 3.05) is 5.73 Å². The lowest BCUT2D eigenvalue weighted by atomic mass is 10.1. The highest BCUT2D eigenvalue weighted by Gasteiger charge is 2.15. The highest BCUT2D eigenvalue weighted by atomic mass is 35.5. The van der Waals surface area contributed by atoms with Crippen LogP contribution in [0.15, 0.2) is 12.1 Å². The number of nitrogens with two attached hydrogens (primary N) is 1. The first-order valence-corrected chi connectivity index (χ1v) is 7.59. The molecule has 2 rings (SSSR count). The molecule has 0 saturated heterocycles. The van der Waals surface area contributed by atoms with Gasteiger partial charge in [0, 0.05) is 12.2 Å². The fraction of sp³-hybridized carbons (Fsp3) is 0.438. The number of benzene rings is 1. The van der Waals surface area contributed by atoms with E-state index in [2.05, 4.69) is 5.10 Å². The van der Waals surface area contributed by atoms with E-state index in [0.717, 1.165) is 46.9 Å². The second kappa shape index (κ2) is 6.39. The average Bonchev–Trinajstić information content (AvgIpc) is 2.73. The van der Waals surface area contributed by atoms with Crippen LogP contribution in [0.2, 0.25) is 5.02 Å². The number of hydrogen-bond donors (Lipinski definition) is 1. The van der Waals surface area contributed by atoms with Crippen LogP contribution in [0.5, 0.6) is 5.75 Å². The summed E-state index contributed by atoms with van der Waals surface area (Å²) in [5.74, 6) is 0.863. The van der Waals surface area contributed by atoms with Crippen molar-refractivity contribution in [2.24, 2.45) is 0 Å². The number of anilines is 1. The third-order valence-corrected chi connectivity index (χ3v) is 3.97. The Kier molecular flexibility index (Phi) is 4.78. The maximum absolute atomic E-state index is 6.40. The molecule has 21 heavy (non-hydrogen) atoms. The maximum Gasteiger partial charge on any atom is 0.131 e. The van der Waals surface area contributed by atoms with Crippen molar-refractivity contribution < 1.29 is 4.74 Å². The molecule has 5 heteroatoms. The fourth-order valence-electron chi connectivity index (χ4n) is 2.51. The van der Waals surface area contributed by atoms with Crippen LogP contribution in [0.25, 0.3) is 0 Å². The zero-order valence-electron chi connectivity index (χ0n) is 13.0. The van der Waals surface area contributed by atoms with Gasteiger partial charge in [-0.05, 0) is 50.5 Å². The topological polar surface area (TPSA) is 53.1 Å². The first-order chi connectivity index (χ1) is 9.97. The molecule has 114 valence electrons. The molecule has 0 fully saturated rings. The predicted octanol–water partition coefficient (Wildman–Crippen LogP) is 3.90. The van der Waals surface area contributed by atoms with E-state index in [4.69, 9.17) is 22.1 Å². The molecule has 0 atom stereocenters. The molecule has 0 aliphatic rings. The maximum atomic E-state index is 6.40. The Hall–Kier alpha value is -1.68. The van der Waals surface area contributed by atoms with Crippen molar-refractivity contribution in [3.05, 3.63) is 39.7 Å². The van der Waals surface area contributed by atoms with Crippen LogP contribution in [-0.2, 0) is 19.6 Å². The van der Waals surface area contributed by atoms with Gasteiger partial charge in [0.1, 0.15) is 12.4 Å². The molecule has 0 saturated carbocycles. The molecule has 0 aliphatic carbocycles. The predicted molar refractivity (Wildman–Crippen MR) is 86.9 cm³/mol. The molecule has 0 unspecified atom stereocenters. The summed E-state index contributed by atoms with van der Waals surface area (Å²) in [4.78, 5) is 0. The first-order valence-electron chi connectivity index (χ1n) is 7.21. The summed E-state index contributed by atoms with van der Waals surface area (Å²) in [5, 5.41) is 5.22. The van der Waals surface area contributed by atoms with E-state index in [0.29, 0.717) is 11.6 Å². The lowest BCUT2D eigenvalue weighted by Crippen LogP contribution is -2.08. The number of nitrogen functional groups attached to an aromatic ring is 1. The number of hydrogen-bond acceptors (Lipinski definition) is 3. The van der Waals surface area contributed by atoms with Crippen LogP contribution in [0.4, 0.5) is 5.69 Å². The Morgan fingerprint density at radius 3 is 2.38 bits per heavy atom. The number of aryl methyl sites for hydroxylation is 4. The molecule has 0 aliphatic heterocycles. The van der Waals surface area contributed by atoms with E-state index >= 15 is 0 Å². The number of nitrogens with zero attached hydrogens (tertiary/aromatic N) is 2. The molecular formula is C16H22ClN3O. The van der Waals surface area contributed by atoms with Crippen molar-refractivity contribution in [1.29, 1.82) is 0 Å². The molecule has 1 heterocycles. The summed E-state index contributed by atoms with van der Waals surface area (Å²) < 4.78 is 7.89. The van der Waals surface area contributed by atoms with Gasteiger partial charge in [-0.2, -0.15) is 5.10 Å². The summed E-state index contributed by atoms with van der Waals surface area (Å²) in [6.45, 7) is 9.27. The SMILES string of the molecule is CCc1nn(CC)c(COc2c(C)cc(N)cc2C)c1Cl. The Balaban J connectivity index is 2.26. The van der Waals surface area contributed by atoms with Crippen molar-refractivity contribution in [3.63, 3.8) is 0 Å². The number of aromatic nitrogens is 2. The molecule has 0 amide bonds. The first kappa shape index (κ1) is 15.7. The van der Waals surface area contributed by atoms with Gasteiger partial charge in [-0.1, -0.05) is 18.5 Å². The van der Waals surface area contributed by atoms with E-state index in [-0.39, 0.29) is 0 Å². The van der Waals surface area contributed by atoms with Crippen LogP contribution in [-0.4, -0.2) is 9.78 Å². The zero-order chi connectivity index (χ0) is 15.6. The molecule has 0 bridgehead atoms. The molecule has 0 spiro atoms. The van der Waals surface area contributed by atoms with Crippen molar-refractivity contribution >= 4 is 17.3 Å². The highest BCUT2D eigenvalue weighted by Crippen LogP contribution is 2.28. The van der Waals surface area contributed by atoms with E-state index < -0.39 is 0 Å². The Morgan fingerprint density at radius 1 is 1.24 bits per heavy atom.